The lowest BCUT2D eigenvalue weighted by Crippen LogP contribution is -2.29. The van der Waals surface area contributed by atoms with Crippen molar-refractivity contribution in [1.82, 2.24) is 19.7 Å². The second kappa shape index (κ2) is 5.64. The molecule has 8 heteroatoms. The van der Waals surface area contributed by atoms with E-state index in [-0.39, 0.29) is 17.6 Å². The molecule has 0 saturated carbocycles. The number of hydrogen-bond acceptors (Lipinski definition) is 5. The average Bonchev–Trinajstić information content (AvgIpc) is 3.07. The Kier molecular flexibility index (Phi) is 3.46. The van der Waals surface area contributed by atoms with Gasteiger partial charge in [0.05, 0.1) is 11.1 Å². The topological polar surface area (TPSA) is 81.0 Å². The average molecular weight is 384 g/mol. The molecule has 4 rings (SSSR count). The number of fused-ring (bicyclic) bond motifs is 1. The molecule has 0 radical (unpaired) electrons. The smallest absolute Gasteiger partial charge is 0.267 e. The summed E-state index contributed by atoms with van der Waals surface area (Å²) in [5.41, 5.74) is 0.777. The molecule has 1 aromatic carbocycles. The molecule has 118 valence electrons. The number of nitrogens with zero attached hydrogens (tertiary/aromatic N) is 5. The van der Waals surface area contributed by atoms with Crippen molar-refractivity contribution in [2.45, 2.75) is 6.54 Å². The van der Waals surface area contributed by atoms with Crippen LogP contribution in [-0.4, -0.2) is 31.6 Å². The Hall–Kier alpha value is -2.87. The summed E-state index contributed by atoms with van der Waals surface area (Å²) in [4.78, 5) is 34.4. The van der Waals surface area contributed by atoms with Gasteiger partial charge in [-0.15, -0.1) is 0 Å². The molecule has 0 bridgehead atoms. The first-order valence-corrected chi connectivity index (χ1v) is 7.91. The summed E-state index contributed by atoms with van der Waals surface area (Å²) in [5, 5.41) is 4.34. The fraction of sp³-hybridized carbons (Fsp3) is 0.0625. The molecule has 0 aliphatic carbocycles. The van der Waals surface area contributed by atoms with E-state index in [0.29, 0.717) is 28.1 Å². The van der Waals surface area contributed by atoms with E-state index >= 15 is 0 Å². The van der Waals surface area contributed by atoms with Crippen LogP contribution in [0.5, 0.6) is 0 Å². The summed E-state index contributed by atoms with van der Waals surface area (Å²) < 4.78 is 2.22. The molecule has 0 saturated heterocycles. The molecule has 1 aliphatic rings. The number of anilines is 1. The van der Waals surface area contributed by atoms with E-state index in [1.54, 1.807) is 53.5 Å². The largest absolute Gasteiger partial charge is 0.268 e. The normalized spacial score (nSPS) is 13.5. The highest BCUT2D eigenvalue weighted by Gasteiger charge is 2.37. The van der Waals surface area contributed by atoms with Crippen LogP contribution in [0.4, 0.5) is 5.82 Å². The van der Waals surface area contributed by atoms with Crippen molar-refractivity contribution in [1.29, 1.82) is 0 Å². The number of imide groups is 1. The number of benzene rings is 1. The van der Waals surface area contributed by atoms with Gasteiger partial charge in [0.15, 0.2) is 5.82 Å². The Morgan fingerprint density at radius 1 is 0.958 bits per heavy atom. The number of aromatic nitrogens is 4. The molecule has 24 heavy (non-hydrogen) atoms. The quantitative estimate of drug-likeness (QED) is 0.648. The molecule has 7 nitrogen and oxygen atoms in total. The van der Waals surface area contributed by atoms with E-state index in [9.17, 15) is 9.59 Å². The first-order valence-electron chi connectivity index (χ1n) is 7.12. The molecule has 3 aromatic rings. The summed E-state index contributed by atoms with van der Waals surface area (Å²) >= 11 is 3.39. The third kappa shape index (κ3) is 2.31. The monoisotopic (exact) mass is 383 g/mol. The van der Waals surface area contributed by atoms with Crippen LogP contribution in [0.25, 0.3) is 0 Å². The maximum Gasteiger partial charge on any atom is 0.267 e. The first-order chi connectivity index (χ1) is 11.6. The summed E-state index contributed by atoms with van der Waals surface area (Å²) in [7, 11) is 0. The van der Waals surface area contributed by atoms with Gasteiger partial charge in [-0.3, -0.25) is 9.59 Å². The highest BCUT2D eigenvalue weighted by atomic mass is 79.9. The Balaban J connectivity index is 1.68. The summed E-state index contributed by atoms with van der Waals surface area (Å²) in [6.45, 7) is 0.324. The Morgan fingerprint density at radius 3 is 2.21 bits per heavy atom. The van der Waals surface area contributed by atoms with Gasteiger partial charge in [-0.2, -0.15) is 5.10 Å². The Bertz CT molecular complexity index is 919. The van der Waals surface area contributed by atoms with Gasteiger partial charge in [-0.1, -0.05) is 12.1 Å². The van der Waals surface area contributed by atoms with E-state index in [1.165, 1.54) is 0 Å². The van der Waals surface area contributed by atoms with Crippen LogP contribution in [0.2, 0.25) is 0 Å². The van der Waals surface area contributed by atoms with Crippen molar-refractivity contribution in [3.8, 4) is 0 Å². The fourth-order valence-electron chi connectivity index (χ4n) is 2.54. The van der Waals surface area contributed by atoms with Gasteiger partial charge in [-0.05, 0) is 34.1 Å². The van der Waals surface area contributed by atoms with Gasteiger partial charge in [0.1, 0.15) is 17.0 Å². The number of amides is 2. The van der Waals surface area contributed by atoms with Crippen LogP contribution in [0.1, 0.15) is 26.5 Å². The van der Waals surface area contributed by atoms with E-state index in [4.69, 9.17) is 0 Å². The van der Waals surface area contributed by atoms with Crippen LogP contribution >= 0.6 is 15.9 Å². The summed E-state index contributed by atoms with van der Waals surface area (Å²) in [6.07, 6.45) is 3.29. The predicted molar refractivity (Wildman–Crippen MR) is 88.6 cm³/mol. The van der Waals surface area contributed by atoms with E-state index in [0.717, 1.165) is 4.90 Å². The van der Waals surface area contributed by atoms with Crippen LogP contribution in [0, 0.1) is 0 Å². The third-order valence-electron chi connectivity index (χ3n) is 3.65. The third-order valence-corrected chi connectivity index (χ3v) is 4.29. The molecule has 0 fully saturated rings. The lowest BCUT2D eigenvalue weighted by molar-refractivity contribution is 0.0925. The van der Waals surface area contributed by atoms with Crippen molar-refractivity contribution in [2.75, 3.05) is 4.90 Å². The molecule has 2 amide bonds. The van der Waals surface area contributed by atoms with Crippen molar-refractivity contribution in [2.24, 2.45) is 0 Å². The first kappa shape index (κ1) is 14.7. The lowest BCUT2D eigenvalue weighted by atomic mass is 10.1. The van der Waals surface area contributed by atoms with Gasteiger partial charge < -0.3 is 0 Å². The van der Waals surface area contributed by atoms with Gasteiger partial charge in [0.25, 0.3) is 11.8 Å². The zero-order valence-electron chi connectivity index (χ0n) is 12.3. The lowest BCUT2D eigenvalue weighted by Gasteiger charge is -2.09. The minimum Gasteiger partial charge on any atom is -0.268 e. The van der Waals surface area contributed by atoms with Gasteiger partial charge in [-0.25, -0.2) is 19.5 Å². The molecule has 3 heterocycles. The van der Waals surface area contributed by atoms with Crippen molar-refractivity contribution in [3.63, 3.8) is 0 Å². The number of carbonyl (C=O) groups is 2. The predicted octanol–water partition coefficient (Wildman–Crippen LogP) is 2.28. The SMILES string of the molecule is O=C1c2ccccc2C(=O)N1c1cc(Br)n(Cc2ncccn2)n1. The van der Waals surface area contributed by atoms with Gasteiger partial charge in [0.2, 0.25) is 0 Å². The van der Waals surface area contributed by atoms with Crippen LogP contribution < -0.4 is 4.90 Å². The molecular formula is C16H10BrN5O2. The Labute approximate surface area is 145 Å². The second-order valence-corrected chi connectivity index (χ2v) is 5.95. The maximum absolute atomic E-state index is 12.5. The van der Waals surface area contributed by atoms with E-state index < -0.39 is 0 Å². The molecule has 1 aliphatic heterocycles. The number of rotatable bonds is 3. The van der Waals surface area contributed by atoms with E-state index in [2.05, 4.69) is 31.0 Å². The highest BCUT2D eigenvalue weighted by molar-refractivity contribution is 9.10. The Morgan fingerprint density at radius 2 is 1.58 bits per heavy atom. The summed E-state index contributed by atoms with van der Waals surface area (Å²) in [5.74, 6) is 0.103. The van der Waals surface area contributed by atoms with Crippen molar-refractivity contribution < 1.29 is 9.59 Å². The molecule has 0 N–H and O–H groups in total. The van der Waals surface area contributed by atoms with Crippen molar-refractivity contribution in [3.05, 3.63) is 70.3 Å². The molecule has 2 aromatic heterocycles. The van der Waals surface area contributed by atoms with E-state index in [1.807, 2.05) is 0 Å². The molecular weight excluding hydrogens is 374 g/mol. The number of carbonyl (C=O) groups excluding carboxylic acids is 2. The van der Waals surface area contributed by atoms with Crippen LogP contribution in [0.3, 0.4) is 0 Å². The standard InChI is InChI=1S/C16H10BrN5O2/c17-12-8-14(20-21(12)9-13-18-6-3-7-19-13)22-15(23)10-4-1-2-5-11(10)16(22)24/h1-8H,9H2. The highest BCUT2D eigenvalue weighted by Crippen LogP contribution is 2.29. The van der Waals surface area contributed by atoms with Crippen LogP contribution in [0.15, 0.2) is 53.4 Å². The van der Waals surface area contributed by atoms with Crippen molar-refractivity contribution >= 4 is 33.6 Å². The minimum absolute atomic E-state index is 0.268. The molecule has 0 unspecified atom stereocenters. The minimum atomic E-state index is -0.372. The van der Waals surface area contributed by atoms with Gasteiger partial charge >= 0.3 is 0 Å². The maximum atomic E-state index is 12.5. The number of hydrogen-bond donors (Lipinski definition) is 0. The molecule has 0 spiro atoms. The zero-order valence-corrected chi connectivity index (χ0v) is 13.8. The second-order valence-electron chi connectivity index (χ2n) is 5.14. The molecule has 0 atom stereocenters. The zero-order chi connectivity index (χ0) is 16.7. The number of halogens is 1. The van der Waals surface area contributed by atoms with Crippen LogP contribution in [-0.2, 0) is 6.54 Å². The fourth-order valence-corrected chi connectivity index (χ4v) is 2.95. The summed E-state index contributed by atoms with van der Waals surface area (Å²) in [6, 6.07) is 10.1. The van der Waals surface area contributed by atoms with Gasteiger partial charge in [0, 0.05) is 18.5 Å².